The molecule has 2 aromatic carbocycles. The van der Waals surface area contributed by atoms with Crippen LogP contribution in [0.2, 0.25) is 0 Å². The molecule has 0 aromatic heterocycles. The van der Waals surface area contributed by atoms with Crippen molar-refractivity contribution in [2.75, 3.05) is 7.11 Å². The van der Waals surface area contributed by atoms with Crippen molar-refractivity contribution in [2.45, 2.75) is 19.4 Å². The number of hydrogen-bond donors (Lipinski definition) is 1. The predicted octanol–water partition coefficient (Wildman–Crippen LogP) is 3.08. The highest BCUT2D eigenvalue weighted by atomic mass is 19.1. The zero-order valence-corrected chi connectivity index (χ0v) is 11.9. The first-order valence-corrected chi connectivity index (χ1v) is 6.81. The molecule has 0 aliphatic carbocycles. The van der Waals surface area contributed by atoms with E-state index in [1.807, 2.05) is 24.3 Å². The zero-order chi connectivity index (χ0) is 15.1. The van der Waals surface area contributed by atoms with Crippen LogP contribution in [0.3, 0.4) is 0 Å². The highest BCUT2D eigenvalue weighted by Gasteiger charge is 2.03. The number of methoxy groups -OCH3 is 1. The predicted molar refractivity (Wildman–Crippen MR) is 79.6 cm³/mol. The second kappa shape index (κ2) is 7.43. The molecule has 0 saturated heterocycles. The van der Waals surface area contributed by atoms with Gasteiger partial charge in [-0.15, -0.1) is 0 Å². The van der Waals surface area contributed by atoms with Gasteiger partial charge in [-0.3, -0.25) is 4.79 Å². The maximum atomic E-state index is 12.8. The van der Waals surface area contributed by atoms with Gasteiger partial charge in [-0.25, -0.2) is 4.39 Å². The number of amides is 1. The number of halogens is 1. The molecule has 2 rings (SSSR count). The standard InChI is InChI=1S/C17H18FNO2/c1-21-16-4-2-3-13(11-16)7-10-17(20)19-12-14-5-8-15(18)9-6-14/h2-6,8-9,11H,7,10,12H2,1H3,(H,19,20). The number of nitrogens with one attached hydrogen (secondary N) is 1. The third-order valence-corrected chi connectivity index (χ3v) is 3.18. The third kappa shape index (κ3) is 4.91. The molecule has 0 saturated carbocycles. The van der Waals surface area contributed by atoms with E-state index in [0.717, 1.165) is 16.9 Å². The summed E-state index contributed by atoms with van der Waals surface area (Å²) in [5.41, 5.74) is 1.94. The maximum absolute atomic E-state index is 12.8. The van der Waals surface area contributed by atoms with Crippen molar-refractivity contribution < 1.29 is 13.9 Å². The van der Waals surface area contributed by atoms with E-state index < -0.39 is 0 Å². The molecule has 1 N–H and O–H groups in total. The molecular formula is C17H18FNO2. The van der Waals surface area contributed by atoms with Gasteiger partial charge >= 0.3 is 0 Å². The van der Waals surface area contributed by atoms with Gasteiger partial charge < -0.3 is 10.1 Å². The van der Waals surface area contributed by atoms with E-state index in [0.29, 0.717) is 19.4 Å². The topological polar surface area (TPSA) is 38.3 Å². The molecule has 0 heterocycles. The average molecular weight is 287 g/mol. The van der Waals surface area contributed by atoms with Crippen LogP contribution in [0.1, 0.15) is 17.5 Å². The first kappa shape index (κ1) is 15.0. The van der Waals surface area contributed by atoms with Crippen molar-refractivity contribution >= 4 is 5.91 Å². The normalized spacial score (nSPS) is 10.2. The van der Waals surface area contributed by atoms with Crippen LogP contribution in [0.25, 0.3) is 0 Å². The number of benzene rings is 2. The van der Waals surface area contributed by atoms with Gasteiger partial charge in [0.15, 0.2) is 0 Å². The number of carbonyl (C=O) groups excluding carboxylic acids is 1. The van der Waals surface area contributed by atoms with E-state index in [9.17, 15) is 9.18 Å². The molecule has 0 bridgehead atoms. The molecule has 0 aliphatic rings. The summed E-state index contributed by atoms with van der Waals surface area (Å²) in [5, 5.41) is 2.82. The summed E-state index contributed by atoms with van der Waals surface area (Å²) in [6.45, 7) is 0.414. The number of aryl methyl sites for hydroxylation is 1. The summed E-state index contributed by atoms with van der Waals surface area (Å²) >= 11 is 0. The molecule has 0 radical (unpaired) electrons. The van der Waals surface area contributed by atoms with Gasteiger partial charge in [0.25, 0.3) is 0 Å². The lowest BCUT2D eigenvalue weighted by Gasteiger charge is -2.06. The molecular weight excluding hydrogens is 269 g/mol. The lowest BCUT2D eigenvalue weighted by atomic mass is 10.1. The molecule has 0 atom stereocenters. The second-order valence-corrected chi connectivity index (χ2v) is 4.75. The van der Waals surface area contributed by atoms with E-state index in [1.165, 1.54) is 12.1 Å². The van der Waals surface area contributed by atoms with Gasteiger partial charge in [0, 0.05) is 13.0 Å². The molecule has 0 spiro atoms. The summed E-state index contributed by atoms with van der Waals surface area (Å²) in [6, 6.07) is 13.8. The number of carbonyl (C=O) groups is 1. The summed E-state index contributed by atoms with van der Waals surface area (Å²) in [6.07, 6.45) is 1.07. The zero-order valence-electron chi connectivity index (χ0n) is 11.9. The Kier molecular flexibility index (Phi) is 5.32. The van der Waals surface area contributed by atoms with Crippen molar-refractivity contribution in [3.05, 3.63) is 65.5 Å². The van der Waals surface area contributed by atoms with E-state index in [1.54, 1.807) is 19.2 Å². The van der Waals surface area contributed by atoms with Crippen molar-refractivity contribution in [3.8, 4) is 5.75 Å². The Bertz CT molecular complexity index is 596. The molecule has 110 valence electrons. The first-order chi connectivity index (χ1) is 10.2. The smallest absolute Gasteiger partial charge is 0.220 e. The summed E-state index contributed by atoms with van der Waals surface area (Å²) in [4.78, 5) is 11.8. The fraction of sp³-hybridized carbons (Fsp3) is 0.235. The van der Waals surface area contributed by atoms with Gasteiger partial charge in [0.05, 0.1) is 7.11 Å². The second-order valence-electron chi connectivity index (χ2n) is 4.75. The molecule has 2 aromatic rings. The Morgan fingerprint density at radius 1 is 1.14 bits per heavy atom. The van der Waals surface area contributed by atoms with Crippen molar-refractivity contribution in [1.29, 1.82) is 0 Å². The number of hydrogen-bond acceptors (Lipinski definition) is 2. The minimum atomic E-state index is -0.275. The molecule has 4 heteroatoms. The highest BCUT2D eigenvalue weighted by molar-refractivity contribution is 5.76. The average Bonchev–Trinajstić information content (AvgIpc) is 2.52. The Balaban J connectivity index is 1.78. The molecule has 0 aliphatic heterocycles. The van der Waals surface area contributed by atoms with Gasteiger partial charge in [-0.1, -0.05) is 24.3 Å². The largest absolute Gasteiger partial charge is 0.497 e. The van der Waals surface area contributed by atoms with Gasteiger partial charge in [-0.2, -0.15) is 0 Å². The van der Waals surface area contributed by atoms with E-state index in [4.69, 9.17) is 4.74 Å². The lowest BCUT2D eigenvalue weighted by Crippen LogP contribution is -2.22. The monoisotopic (exact) mass is 287 g/mol. The summed E-state index contributed by atoms with van der Waals surface area (Å²) < 4.78 is 17.9. The van der Waals surface area contributed by atoms with Crippen LogP contribution in [0, 0.1) is 5.82 Å². The Morgan fingerprint density at radius 3 is 2.62 bits per heavy atom. The third-order valence-electron chi connectivity index (χ3n) is 3.18. The van der Waals surface area contributed by atoms with Crippen LogP contribution in [0.5, 0.6) is 5.75 Å². The minimum Gasteiger partial charge on any atom is -0.497 e. The fourth-order valence-corrected chi connectivity index (χ4v) is 1.98. The molecule has 1 amide bonds. The number of rotatable bonds is 6. The van der Waals surface area contributed by atoms with E-state index in [-0.39, 0.29) is 11.7 Å². The van der Waals surface area contributed by atoms with Crippen LogP contribution < -0.4 is 10.1 Å². The highest BCUT2D eigenvalue weighted by Crippen LogP contribution is 2.13. The number of ether oxygens (including phenoxy) is 1. The van der Waals surface area contributed by atoms with Gasteiger partial charge in [0.2, 0.25) is 5.91 Å². The summed E-state index contributed by atoms with van der Waals surface area (Å²) in [5.74, 6) is 0.490. The van der Waals surface area contributed by atoms with Crippen LogP contribution in [-0.4, -0.2) is 13.0 Å². The first-order valence-electron chi connectivity index (χ1n) is 6.81. The Hall–Kier alpha value is -2.36. The minimum absolute atomic E-state index is 0.0258. The van der Waals surface area contributed by atoms with Gasteiger partial charge in [0.1, 0.15) is 11.6 Å². The molecule has 3 nitrogen and oxygen atoms in total. The fourth-order valence-electron chi connectivity index (χ4n) is 1.98. The SMILES string of the molecule is COc1cccc(CCC(=O)NCc2ccc(F)cc2)c1. The van der Waals surface area contributed by atoms with Crippen molar-refractivity contribution in [3.63, 3.8) is 0 Å². The molecule has 0 fully saturated rings. The van der Waals surface area contributed by atoms with Crippen LogP contribution in [-0.2, 0) is 17.8 Å². The molecule has 21 heavy (non-hydrogen) atoms. The van der Waals surface area contributed by atoms with E-state index >= 15 is 0 Å². The van der Waals surface area contributed by atoms with Crippen molar-refractivity contribution in [1.82, 2.24) is 5.32 Å². The Morgan fingerprint density at radius 2 is 1.90 bits per heavy atom. The summed E-state index contributed by atoms with van der Waals surface area (Å²) in [7, 11) is 1.62. The molecule has 0 unspecified atom stereocenters. The van der Waals surface area contributed by atoms with Crippen LogP contribution in [0.4, 0.5) is 4.39 Å². The quantitative estimate of drug-likeness (QED) is 0.886. The van der Waals surface area contributed by atoms with E-state index in [2.05, 4.69) is 5.32 Å². The van der Waals surface area contributed by atoms with Crippen molar-refractivity contribution in [2.24, 2.45) is 0 Å². The lowest BCUT2D eigenvalue weighted by molar-refractivity contribution is -0.121. The van der Waals surface area contributed by atoms with Gasteiger partial charge in [-0.05, 0) is 41.8 Å². The Labute approximate surface area is 123 Å². The maximum Gasteiger partial charge on any atom is 0.220 e. The van der Waals surface area contributed by atoms with Crippen LogP contribution in [0.15, 0.2) is 48.5 Å². The van der Waals surface area contributed by atoms with Crippen LogP contribution >= 0.6 is 0 Å².